The minimum atomic E-state index is -0.549. The predicted molar refractivity (Wildman–Crippen MR) is 72.1 cm³/mol. The van der Waals surface area contributed by atoms with Crippen molar-refractivity contribution < 1.29 is 9.72 Å². The number of hydrogen-bond acceptors (Lipinski definition) is 3. The average molecular weight is 318 g/mol. The van der Waals surface area contributed by atoms with Crippen molar-refractivity contribution in [3.8, 4) is 0 Å². The van der Waals surface area contributed by atoms with Crippen LogP contribution in [0, 0.1) is 10.1 Å². The highest BCUT2D eigenvalue weighted by atomic mass is 79.9. The van der Waals surface area contributed by atoms with E-state index >= 15 is 0 Å². The van der Waals surface area contributed by atoms with Gasteiger partial charge in [-0.05, 0) is 23.8 Å². The smallest absolute Gasteiger partial charge is 0.321 e. The minimum absolute atomic E-state index is 0.161. The van der Waals surface area contributed by atoms with Gasteiger partial charge in [0.05, 0.1) is 0 Å². The second kappa shape index (κ2) is 7.15. The molecule has 0 saturated carbocycles. The zero-order valence-electron chi connectivity index (χ0n) is 10.2. The number of alkyl halides is 1. The fourth-order valence-electron chi connectivity index (χ4n) is 1.54. The topological polar surface area (TPSA) is 79.2 Å². The van der Waals surface area contributed by atoms with E-state index in [1.165, 1.54) is 12.1 Å². The Morgan fingerprint density at radius 2 is 2.17 bits per heavy atom. The molecule has 0 fully saturated rings. The Labute approximate surface area is 114 Å². The SMILES string of the molecule is CN(CCCCCBr)C(=O)c1ccc([N+](=O)[O-])[nH]1. The van der Waals surface area contributed by atoms with E-state index in [-0.39, 0.29) is 17.4 Å². The number of nitro groups is 1. The zero-order valence-corrected chi connectivity index (χ0v) is 11.8. The first-order valence-electron chi connectivity index (χ1n) is 5.71. The van der Waals surface area contributed by atoms with Crippen molar-refractivity contribution in [3.63, 3.8) is 0 Å². The van der Waals surface area contributed by atoms with Crippen LogP contribution in [-0.2, 0) is 0 Å². The van der Waals surface area contributed by atoms with Crippen LogP contribution in [0.2, 0.25) is 0 Å². The molecule has 1 amide bonds. The van der Waals surface area contributed by atoms with Crippen LogP contribution in [0.15, 0.2) is 12.1 Å². The van der Waals surface area contributed by atoms with Gasteiger partial charge in [0, 0.05) is 25.0 Å². The van der Waals surface area contributed by atoms with Gasteiger partial charge in [0.2, 0.25) is 0 Å². The molecule has 1 N–H and O–H groups in total. The summed E-state index contributed by atoms with van der Waals surface area (Å²) in [4.78, 5) is 25.9. The number of unbranched alkanes of at least 4 members (excludes halogenated alkanes) is 2. The summed E-state index contributed by atoms with van der Waals surface area (Å²) < 4.78 is 0. The van der Waals surface area contributed by atoms with Gasteiger partial charge < -0.3 is 15.0 Å². The fraction of sp³-hybridized carbons (Fsp3) is 0.545. The van der Waals surface area contributed by atoms with Crippen molar-refractivity contribution in [1.82, 2.24) is 9.88 Å². The van der Waals surface area contributed by atoms with Crippen LogP contribution in [0.1, 0.15) is 29.8 Å². The van der Waals surface area contributed by atoms with E-state index in [1.54, 1.807) is 11.9 Å². The Morgan fingerprint density at radius 1 is 1.44 bits per heavy atom. The highest BCUT2D eigenvalue weighted by Crippen LogP contribution is 2.12. The molecule has 18 heavy (non-hydrogen) atoms. The third-order valence-corrected chi connectivity index (χ3v) is 3.13. The summed E-state index contributed by atoms with van der Waals surface area (Å²) in [6.45, 7) is 0.651. The van der Waals surface area contributed by atoms with Crippen molar-refractivity contribution in [2.75, 3.05) is 18.9 Å². The molecule has 0 aliphatic heterocycles. The lowest BCUT2D eigenvalue weighted by Gasteiger charge is -2.14. The molecule has 0 aliphatic rings. The summed E-state index contributed by atoms with van der Waals surface area (Å²) >= 11 is 3.35. The predicted octanol–water partition coefficient (Wildman–Crippen LogP) is 2.56. The van der Waals surface area contributed by atoms with E-state index in [1.807, 2.05) is 0 Å². The molecule has 0 atom stereocenters. The molecule has 100 valence electrons. The molecular formula is C11H16BrN3O3. The summed E-state index contributed by atoms with van der Waals surface area (Å²) in [6, 6.07) is 2.74. The fourth-order valence-corrected chi connectivity index (χ4v) is 1.94. The summed E-state index contributed by atoms with van der Waals surface area (Å²) in [5.41, 5.74) is 0.254. The largest absolute Gasteiger partial charge is 0.358 e. The van der Waals surface area contributed by atoms with E-state index in [0.717, 1.165) is 24.6 Å². The monoisotopic (exact) mass is 317 g/mol. The van der Waals surface area contributed by atoms with Crippen LogP contribution in [0.4, 0.5) is 5.82 Å². The number of carbonyl (C=O) groups is 1. The number of hydrogen-bond donors (Lipinski definition) is 1. The third-order valence-electron chi connectivity index (χ3n) is 2.57. The molecule has 1 rings (SSSR count). The summed E-state index contributed by atoms with van der Waals surface area (Å²) in [5, 5.41) is 11.5. The van der Waals surface area contributed by atoms with Crippen LogP contribution in [0.3, 0.4) is 0 Å². The van der Waals surface area contributed by atoms with Gasteiger partial charge in [-0.25, -0.2) is 4.98 Å². The Bertz CT molecular complexity index is 419. The normalized spacial score (nSPS) is 10.3. The van der Waals surface area contributed by atoms with Crippen molar-refractivity contribution >= 4 is 27.7 Å². The highest BCUT2D eigenvalue weighted by molar-refractivity contribution is 9.09. The first-order valence-corrected chi connectivity index (χ1v) is 6.83. The standard InChI is InChI=1S/C11H16BrN3O3/c1-14(8-4-2-3-7-12)11(16)9-5-6-10(13-9)15(17)18/h5-6,13H,2-4,7-8H2,1H3. The van der Waals surface area contributed by atoms with Gasteiger partial charge in [-0.1, -0.05) is 22.4 Å². The van der Waals surface area contributed by atoms with Crippen molar-refractivity contribution in [3.05, 3.63) is 27.9 Å². The van der Waals surface area contributed by atoms with Crippen molar-refractivity contribution in [2.45, 2.75) is 19.3 Å². The number of nitrogens with zero attached hydrogens (tertiary/aromatic N) is 2. The molecule has 0 unspecified atom stereocenters. The van der Waals surface area contributed by atoms with Gasteiger partial charge in [-0.3, -0.25) is 4.79 Å². The third kappa shape index (κ3) is 4.14. The molecule has 1 aromatic rings. The Kier molecular flexibility index (Phi) is 5.84. The highest BCUT2D eigenvalue weighted by Gasteiger charge is 2.18. The molecule has 1 heterocycles. The lowest BCUT2D eigenvalue weighted by molar-refractivity contribution is -0.389. The number of carbonyl (C=O) groups excluding carboxylic acids is 1. The molecule has 0 aliphatic carbocycles. The van der Waals surface area contributed by atoms with E-state index in [4.69, 9.17) is 0 Å². The van der Waals surface area contributed by atoms with Gasteiger partial charge in [0.15, 0.2) is 5.69 Å². The molecule has 1 aromatic heterocycles. The van der Waals surface area contributed by atoms with Crippen LogP contribution in [0.25, 0.3) is 0 Å². The second-order valence-electron chi connectivity index (χ2n) is 3.99. The maximum absolute atomic E-state index is 11.9. The van der Waals surface area contributed by atoms with E-state index in [2.05, 4.69) is 20.9 Å². The Hall–Kier alpha value is -1.37. The van der Waals surface area contributed by atoms with Gasteiger partial charge in [0.1, 0.15) is 0 Å². The zero-order chi connectivity index (χ0) is 13.5. The van der Waals surface area contributed by atoms with E-state index in [9.17, 15) is 14.9 Å². The quantitative estimate of drug-likeness (QED) is 0.363. The van der Waals surface area contributed by atoms with E-state index in [0.29, 0.717) is 6.54 Å². The Morgan fingerprint density at radius 3 is 2.72 bits per heavy atom. The number of amides is 1. The summed E-state index contributed by atoms with van der Waals surface area (Å²) in [7, 11) is 1.70. The second-order valence-corrected chi connectivity index (χ2v) is 4.78. The maximum Gasteiger partial charge on any atom is 0.321 e. The summed E-state index contributed by atoms with van der Waals surface area (Å²) in [5.74, 6) is -0.381. The van der Waals surface area contributed by atoms with E-state index < -0.39 is 4.92 Å². The molecule has 0 aromatic carbocycles. The number of halogens is 1. The number of H-pyrrole nitrogens is 1. The maximum atomic E-state index is 11.9. The van der Waals surface area contributed by atoms with Gasteiger partial charge >= 0.3 is 5.82 Å². The van der Waals surface area contributed by atoms with Crippen molar-refractivity contribution in [1.29, 1.82) is 0 Å². The Balaban J connectivity index is 2.49. The molecular weight excluding hydrogens is 302 g/mol. The van der Waals surface area contributed by atoms with Gasteiger partial charge in [0.25, 0.3) is 5.91 Å². The number of rotatable bonds is 7. The first-order chi connectivity index (χ1) is 8.56. The molecule has 6 nitrogen and oxygen atoms in total. The lowest BCUT2D eigenvalue weighted by atomic mass is 10.2. The number of nitrogens with one attached hydrogen (secondary N) is 1. The lowest BCUT2D eigenvalue weighted by Crippen LogP contribution is -2.28. The number of aromatic nitrogens is 1. The molecule has 0 saturated heterocycles. The van der Waals surface area contributed by atoms with Gasteiger partial charge in [-0.15, -0.1) is 0 Å². The van der Waals surface area contributed by atoms with Crippen LogP contribution >= 0.6 is 15.9 Å². The average Bonchev–Trinajstić information content (AvgIpc) is 2.83. The van der Waals surface area contributed by atoms with Crippen LogP contribution in [0.5, 0.6) is 0 Å². The van der Waals surface area contributed by atoms with Crippen molar-refractivity contribution in [2.24, 2.45) is 0 Å². The minimum Gasteiger partial charge on any atom is -0.358 e. The first kappa shape index (κ1) is 14.7. The van der Waals surface area contributed by atoms with Gasteiger partial charge in [-0.2, -0.15) is 0 Å². The molecule has 0 bridgehead atoms. The van der Waals surface area contributed by atoms with Crippen LogP contribution in [-0.4, -0.2) is 39.6 Å². The molecule has 7 heteroatoms. The molecule has 0 radical (unpaired) electrons. The number of aromatic amines is 1. The van der Waals surface area contributed by atoms with Crippen LogP contribution < -0.4 is 0 Å². The summed E-state index contributed by atoms with van der Waals surface area (Å²) in [6.07, 6.45) is 3.06. The molecule has 0 spiro atoms.